The highest BCUT2D eigenvalue weighted by molar-refractivity contribution is 6.37. The molecule has 1 atom stereocenters. The SMILES string of the molecule is CCCCC1CC(C(=O)OC)=NN1c1ccc(Cl)cc1. The van der Waals surface area contributed by atoms with Gasteiger partial charge < -0.3 is 4.74 Å². The van der Waals surface area contributed by atoms with Crippen LogP contribution in [0, 0.1) is 0 Å². The van der Waals surface area contributed by atoms with Crippen molar-refractivity contribution in [2.24, 2.45) is 5.10 Å². The molecule has 108 valence electrons. The first kappa shape index (κ1) is 14.9. The first-order chi connectivity index (χ1) is 9.65. The number of halogens is 1. The maximum Gasteiger partial charge on any atom is 0.354 e. The van der Waals surface area contributed by atoms with E-state index in [1.165, 1.54) is 7.11 Å². The van der Waals surface area contributed by atoms with E-state index in [-0.39, 0.29) is 12.0 Å². The quantitative estimate of drug-likeness (QED) is 0.779. The van der Waals surface area contributed by atoms with E-state index < -0.39 is 0 Å². The highest BCUT2D eigenvalue weighted by atomic mass is 35.5. The number of hydrogen-bond acceptors (Lipinski definition) is 4. The van der Waals surface area contributed by atoms with Gasteiger partial charge in [0.2, 0.25) is 0 Å². The number of ether oxygens (including phenoxy) is 1. The largest absolute Gasteiger partial charge is 0.464 e. The molecule has 0 amide bonds. The van der Waals surface area contributed by atoms with Gasteiger partial charge in [-0.2, -0.15) is 5.10 Å². The molecule has 4 nitrogen and oxygen atoms in total. The predicted molar refractivity (Wildman–Crippen MR) is 81.3 cm³/mol. The number of anilines is 1. The van der Waals surface area contributed by atoms with Gasteiger partial charge in [-0.3, -0.25) is 5.01 Å². The minimum absolute atomic E-state index is 0.213. The van der Waals surface area contributed by atoms with Crippen LogP contribution in [0.2, 0.25) is 5.02 Å². The van der Waals surface area contributed by atoms with E-state index in [4.69, 9.17) is 16.3 Å². The summed E-state index contributed by atoms with van der Waals surface area (Å²) in [4.78, 5) is 11.7. The lowest BCUT2D eigenvalue weighted by Gasteiger charge is -2.23. The minimum Gasteiger partial charge on any atom is -0.464 e. The molecule has 0 spiro atoms. The Morgan fingerprint density at radius 3 is 2.75 bits per heavy atom. The molecule has 1 aliphatic heterocycles. The van der Waals surface area contributed by atoms with Crippen LogP contribution >= 0.6 is 11.6 Å². The summed E-state index contributed by atoms with van der Waals surface area (Å²) in [5.74, 6) is -0.344. The monoisotopic (exact) mass is 294 g/mol. The number of hydrogen-bond donors (Lipinski definition) is 0. The summed E-state index contributed by atoms with van der Waals surface area (Å²) >= 11 is 5.91. The Labute approximate surface area is 124 Å². The molecule has 1 unspecified atom stereocenters. The van der Waals surface area contributed by atoms with Gasteiger partial charge in [0.15, 0.2) is 0 Å². The maximum absolute atomic E-state index is 11.7. The molecule has 0 N–H and O–H groups in total. The summed E-state index contributed by atoms with van der Waals surface area (Å²) in [6.45, 7) is 2.16. The molecular formula is C15H19ClN2O2. The van der Waals surface area contributed by atoms with Gasteiger partial charge in [0.05, 0.1) is 18.8 Å². The van der Waals surface area contributed by atoms with E-state index in [1.54, 1.807) is 0 Å². The number of hydrazone groups is 1. The lowest BCUT2D eigenvalue weighted by molar-refractivity contribution is -0.132. The number of nitrogens with zero attached hydrogens (tertiary/aromatic N) is 2. The average Bonchev–Trinajstić information content (AvgIpc) is 2.89. The third-order valence-electron chi connectivity index (χ3n) is 3.41. The summed E-state index contributed by atoms with van der Waals surface area (Å²) < 4.78 is 4.77. The van der Waals surface area contributed by atoms with Crippen LogP contribution in [0.15, 0.2) is 29.4 Å². The topological polar surface area (TPSA) is 41.9 Å². The van der Waals surface area contributed by atoms with Gasteiger partial charge in [0.25, 0.3) is 0 Å². The van der Waals surface area contributed by atoms with Crippen molar-refractivity contribution in [3.05, 3.63) is 29.3 Å². The van der Waals surface area contributed by atoms with Gasteiger partial charge >= 0.3 is 5.97 Å². The second-order valence-corrected chi connectivity index (χ2v) is 5.30. The molecular weight excluding hydrogens is 276 g/mol. The van der Waals surface area contributed by atoms with Crippen molar-refractivity contribution in [3.8, 4) is 0 Å². The van der Waals surface area contributed by atoms with Crippen molar-refractivity contribution in [3.63, 3.8) is 0 Å². The molecule has 0 saturated carbocycles. The lowest BCUT2D eigenvalue weighted by Crippen LogP contribution is -2.26. The lowest BCUT2D eigenvalue weighted by atomic mass is 10.0. The number of methoxy groups -OCH3 is 1. The van der Waals surface area contributed by atoms with Crippen LogP contribution < -0.4 is 5.01 Å². The molecule has 0 fully saturated rings. The zero-order chi connectivity index (χ0) is 14.5. The Kier molecular flexibility index (Phi) is 5.01. The molecule has 0 saturated heterocycles. The van der Waals surface area contributed by atoms with Crippen LogP contribution in [-0.2, 0) is 9.53 Å². The number of unbranched alkanes of at least 4 members (excludes halogenated alkanes) is 1. The average molecular weight is 295 g/mol. The van der Waals surface area contributed by atoms with Crippen molar-refractivity contribution in [2.45, 2.75) is 38.6 Å². The fourth-order valence-electron chi connectivity index (χ4n) is 2.33. The molecule has 20 heavy (non-hydrogen) atoms. The third kappa shape index (κ3) is 3.31. The van der Waals surface area contributed by atoms with Gasteiger partial charge in [-0.1, -0.05) is 31.4 Å². The Bertz CT molecular complexity index is 499. The number of esters is 1. The second-order valence-electron chi connectivity index (χ2n) is 4.86. The molecule has 1 aromatic carbocycles. The summed E-state index contributed by atoms with van der Waals surface area (Å²) in [5, 5.41) is 7.03. The minimum atomic E-state index is -0.344. The summed E-state index contributed by atoms with van der Waals surface area (Å²) in [5.41, 5.74) is 1.44. The molecule has 0 radical (unpaired) electrons. The van der Waals surface area contributed by atoms with Crippen LogP contribution in [0.3, 0.4) is 0 Å². The Hall–Kier alpha value is -1.55. The molecule has 1 aliphatic rings. The highest BCUT2D eigenvalue weighted by Gasteiger charge is 2.31. The highest BCUT2D eigenvalue weighted by Crippen LogP contribution is 2.28. The van der Waals surface area contributed by atoms with Crippen LogP contribution in [-0.4, -0.2) is 24.8 Å². The van der Waals surface area contributed by atoms with Crippen LogP contribution in [0.1, 0.15) is 32.6 Å². The summed E-state index contributed by atoms with van der Waals surface area (Å²) in [6.07, 6.45) is 3.87. The van der Waals surface area contributed by atoms with Gasteiger partial charge in [0, 0.05) is 11.4 Å². The zero-order valence-electron chi connectivity index (χ0n) is 11.8. The molecule has 5 heteroatoms. The molecule has 0 bridgehead atoms. The van der Waals surface area contributed by atoms with Crippen molar-refractivity contribution < 1.29 is 9.53 Å². The fraction of sp³-hybridized carbons (Fsp3) is 0.467. The maximum atomic E-state index is 11.7. The molecule has 2 rings (SSSR count). The Morgan fingerprint density at radius 1 is 1.45 bits per heavy atom. The number of carbonyl (C=O) groups excluding carboxylic acids is 1. The Morgan fingerprint density at radius 2 is 2.15 bits per heavy atom. The van der Waals surface area contributed by atoms with E-state index >= 15 is 0 Å². The van der Waals surface area contributed by atoms with Crippen molar-refractivity contribution in [1.29, 1.82) is 0 Å². The summed E-state index contributed by atoms with van der Waals surface area (Å²) in [6, 6.07) is 7.72. The first-order valence-electron chi connectivity index (χ1n) is 6.86. The van der Waals surface area contributed by atoms with Crippen molar-refractivity contribution in [1.82, 2.24) is 0 Å². The van der Waals surface area contributed by atoms with Gasteiger partial charge in [-0.05, 0) is 30.7 Å². The number of carbonyl (C=O) groups is 1. The second kappa shape index (κ2) is 6.75. The van der Waals surface area contributed by atoms with Gasteiger partial charge in [0.1, 0.15) is 5.71 Å². The molecule has 0 aliphatic carbocycles. The molecule has 1 heterocycles. The Balaban J connectivity index is 2.21. The van der Waals surface area contributed by atoms with Crippen LogP contribution in [0.4, 0.5) is 5.69 Å². The molecule has 0 aromatic heterocycles. The molecule has 1 aromatic rings. The van der Waals surface area contributed by atoms with E-state index in [0.29, 0.717) is 17.2 Å². The fourth-order valence-corrected chi connectivity index (χ4v) is 2.46. The summed E-state index contributed by atoms with van der Waals surface area (Å²) in [7, 11) is 1.39. The van der Waals surface area contributed by atoms with E-state index in [2.05, 4.69) is 12.0 Å². The van der Waals surface area contributed by atoms with Gasteiger partial charge in [-0.25, -0.2) is 4.79 Å². The first-order valence-corrected chi connectivity index (χ1v) is 7.24. The number of benzene rings is 1. The predicted octanol–water partition coefficient (Wildman–Crippen LogP) is 3.64. The normalized spacial score (nSPS) is 18.1. The van der Waals surface area contributed by atoms with Crippen molar-refractivity contribution >= 4 is 29.0 Å². The zero-order valence-corrected chi connectivity index (χ0v) is 12.6. The van der Waals surface area contributed by atoms with Crippen molar-refractivity contribution in [2.75, 3.05) is 12.1 Å². The van der Waals surface area contributed by atoms with E-state index in [1.807, 2.05) is 29.3 Å². The van der Waals surface area contributed by atoms with Gasteiger partial charge in [-0.15, -0.1) is 0 Å². The van der Waals surface area contributed by atoms with E-state index in [0.717, 1.165) is 24.9 Å². The van der Waals surface area contributed by atoms with E-state index in [9.17, 15) is 4.79 Å². The van der Waals surface area contributed by atoms with Crippen LogP contribution in [0.25, 0.3) is 0 Å². The smallest absolute Gasteiger partial charge is 0.354 e. The third-order valence-corrected chi connectivity index (χ3v) is 3.66. The standard InChI is InChI=1S/C15H19ClN2O2/c1-3-4-5-13-10-14(15(19)20-2)17-18(13)12-8-6-11(16)7-9-12/h6-9,13H,3-5,10H2,1-2H3. The van der Waals surface area contributed by atoms with Crippen LogP contribution in [0.5, 0.6) is 0 Å². The number of rotatable bonds is 5.